The quantitative estimate of drug-likeness (QED) is 0.376. The molecule has 0 saturated carbocycles. The third kappa shape index (κ3) is 5.57. The molecule has 0 aliphatic carbocycles. The molecule has 1 unspecified atom stereocenters. The molecule has 1 aromatic rings. The van der Waals surface area contributed by atoms with E-state index in [1.165, 1.54) is 0 Å². The van der Waals surface area contributed by atoms with Gasteiger partial charge in [-0.3, -0.25) is 4.99 Å². The average molecular weight is 372 g/mol. The summed E-state index contributed by atoms with van der Waals surface area (Å²) in [6.07, 6.45) is 2.77. The number of pyridine rings is 1. The van der Waals surface area contributed by atoms with Crippen LogP contribution in [0.1, 0.15) is 32.9 Å². The molecule has 0 N–H and O–H groups in total. The molecule has 0 aliphatic rings. The van der Waals surface area contributed by atoms with E-state index in [1.807, 2.05) is 24.8 Å². The summed E-state index contributed by atoms with van der Waals surface area (Å²) < 4.78 is 12.2. The summed E-state index contributed by atoms with van der Waals surface area (Å²) in [6.45, 7) is 10.3. The number of hydrogen-bond donors (Lipinski definition) is 0. The summed E-state index contributed by atoms with van der Waals surface area (Å²) in [5.41, 5.74) is 1.92. The van der Waals surface area contributed by atoms with E-state index in [9.17, 15) is 0 Å². The minimum Gasteiger partial charge on any atom is -0.471 e. The third-order valence-electron chi connectivity index (χ3n) is 3.03. The maximum absolute atomic E-state index is 5.87. The lowest BCUT2D eigenvalue weighted by molar-refractivity contribution is 0.0563. The smallest absolute Gasteiger partial charge is 0.228 e. The van der Waals surface area contributed by atoms with Gasteiger partial charge in [0, 0.05) is 20.2 Å². The number of nitrogens with zero attached hydrogens (tertiary/aromatic N) is 3. The molecule has 6 heteroatoms. The van der Waals surface area contributed by atoms with Crippen molar-refractivity contribution in [3.8, 4) is 5.88 Å². The molecule has 1 rings (SSSR count). The van der Waals surface area contributed by atoms with Gasteiger partial charge >= 0.3 is 0 Å². The second kappa shape index (κ2) is 9.79. The molecule has 0 radical (unpaired) electrons. The zero-order valence-corrected chi connectivity index (χ0v) is 15.7. The molecule has 124 valence electrons. The highest BCUT2D eigenvalue weighted by molar-refractivity contribution is 9.10. The summed E-state index contributed by atoms with van der Waals surface area (Å²) in [5.74, 6) is 0.596. The van der Waals surface area contributed by atoms with Gasteiger partial charge in [-0.25, -0.2) is 4.98 Å². The molecule has 0 amide bonds. The van der Waals surface area contributed by atoms with Crippen LogP contribution < -0.4 is 9.64 Å². The van der Waals surface area contributed by atoms with Crippen LogP contribution in [0, 0.1) is 6.92 Å². The lowest BCUT2D eigenvalue weighted by Gasteiger charge is -2.21. The number of aliphatic imine (C=N–C) groups is 1. The van der Waals surface area contributed by atoms with Crippen LogP contribution in [0.3, 0.4) is 0 Å². The number of ether oxygens (including phenoxy) is 2. The van der Waals surface area contributed by atoms with Crippen molar-refractivity contribution in [2.75, 3.05) is 31.7 Å². The Morgan fingerprint density at radius 2 is 2.18 bits per heavy atom. The van der Waals surface area contributed by atoms with Gasteiger partial charge in [0.05, 0.1) is 28.8 Å². The minimum atomic E-state index is -0.0416. The standard InChI is InChI=1S/C16H26BrN3O2/c1-6-8-21-10-12(3)22-16-14(17)9-15(13(4)19-16)20(7-2)11-18-5/h9,11-12H,6-8,10H2,1-5H3. The van der Waals surface area contributed by atoms with E-state index in [2.05, 4.69) is 39.8 Å². The van der Waals surface area contributed by atoms with Gasteiger partial charge in [0.2, 0.25) is 5.88 Å². The summed E-state index contributed by atoms with van der Waals surface area (Å²) in [6, 6.07) is 2.02. The van der Waals surface area contributed by atoms with E-state index >= 15 is 0 Å². The predicted octanol–water partition coefficient (Wildman–Crippen LogP) is 3.83. The Morgan fingerprint density at radius 1 is 1.45 bits per heavy atom. The van der Waals surface area contributed by atoms with Crippen LogP contribution in [0.4, 0.5) is 5.69 Å². The van der Waals surface area contributed by atoms with Crippen molar-refractivity contribution >= 4 is 28.0 Å². The Morgan fingerprint density at radius 3 is 2.77 bits per heavy atom. The Balaban J connectivity index is 2.85. The topological polar surface area (TPSA) is 47.0 Å². The molecule has 0 aromatic carbocycles. The fraction of sp³-hybridized carbons (Fsp3) is 0.625. The Kier molecular flexibility index (Phi) is 8.42. The van der Waals surface area contributed by atoms with Crippen molar-refractivity contribution in [2.24, 2.45) is 4.99 Å². The molecule has 22 heavy (non-hydrogen) atoms. The molecule has 0 spiro atoms. The van der Waals surface area contributed by atoms with Crippen LogP contribution >= 0.6 is 15.9 Å². The average Bonchev–Trinajstić information content (AvgIpc) is 2.49. The van der Waals surface area contributed by atoms with Gasteiger partial charge < -0.3 is 14.4 Å². The second-order valence-corrected chi connectivity index (χ2v) is 5.90. The predicted molar refractivity (Wildman–Crippen MR) is 95.3 cm³/mol. The largest absolute Gasteiger partial charge is 0.471 e. The van der Waals surface area contributed by atoms with Crippen molar-refractivity contribution in [3.63, 3.8) is 0 Å². The maximum atomic E-state index is 5.87. The van der Waals surface area contributed by atoms with Crippen molar-refractivity contribution in [3.05, 3.63) is 16.2 Å². The zero-order valence-electron chi connectivity index (χ0n) is 14.1. The first kappa shape index (κ1) is 18.9. The Labute approximate surface area is 141 Å². The van der Waals surface area contributed by atoms with Crippen LogP contribution in [0.5, 0.6) is 5.88 Å². The maximum Gasteiger partial charge on any atom is 0.228 e. The highest BCUT2D eigenvalue weighted by atomic mass is 79.9. The molecule has 0 aliphatic heterocycles. The SMILES string of the molecule is CCCOCC(C)Oc1nc(C)c(N(C=NC)CC)cc1Br. The minimum absolute atomic E-state index is 0.0416. The zero-order chi connectivity index (χ0) is 16.5. The van der Waals surface area contributed by atoms with Crippen LogP contribution in [0.25, 0.3) is 0 Å². The highest BCUT2D eigenvalue weighted by Crippen LogP contribution is 2.30. The fourth-order valence-corrected chi connectivity index (χ4v) is 2.39. The van der Waals surface area contributed by atoms with Gasteiger partial charge in [0.15, 0.2) is 0 Å². The summed E-state index contributed by atoms with van der Waals surface area (Å²) in [5, 5.41) is 0. The third-order valence-corrected chi connectivity index (χ3v) is 3.59. The molecule has 0 fully saturated rings. The summed E-state index contributed by atoms with van der Waals surface area (Å²) >= 11 is 3.54. The van der Waals surface area contributed by atoms with Gasteiger partial charge in [-0.2, -0.15) is 0 Å². The highest BCUT2D eigenvalue weighted by Gasteiger charge is 2.14. The number of aromatic nitrogens is 1. The van der Waals surface area contributed by atoms with E-state index in [1.54, 1.807) is 13.4 Å². The molecule has 1 heterocycles. The first-order valence-corrected chi connectivity index (χ1v) is 8.43. The molecular weight excluding hydrogens is 346 g/mol. The monoisotopic (exact) mass is 371 g/mol. The number of aryl methyl sites for hydroxylation is 1. The molecular formula is C16H26BrN3O2. The second-order valence-electron chi connectivity index (χ2n) is 5.04. The summed E-state index contributed by atoms with van der Waals surface area (Å²) in [7, 11) is 1.76. The van der Waals surface area contributed by atoms with E-state index in [4.69, 9.17) is 9.47 Å². The van der Waals surface area contributed by atoms with Gasteiger partial charge in [0.1, 0.15) is 6.10 Å². The van der Waals surface area contributed by atoms with Crippen molar-refractivity contribution in [1.29, 1.82) is 0 Å². The van der Waals surface area contributed by atoms with Gasteiger partial charge in [0.25, 0.3) is 0 Å². The fourth-order valence-electron chi connectivity index (χ4n) is 1.99. The molecule has 1 aromatic heterocycles. The lowest BCUT2D eigenvalue weighted by atomic mass is 10.3. The Bertz CT molecular complexity index is 495. The molecule has 0 saturated heterocycles. The van der Waals surface area contributed by atoms with E-state index in [0.717, 1.165) is 35.4 Å². The van der Waals surface area contributed by atoms with Crippen molar-refractivity contribution in [2.45, 2.75) is 40.2 Å². The first-order chi connectivity index (χ1) is 10.5. The van der Waals surface area contributed by atoms with Crippen LogP contribution in [-0.2, 0) is 4.74 Å². The van der Waals surface area contributed by atoms with E-state index in [-0.39, 0.29) is 6.10 Å². The van der Waals surface area contributed by atoms with Crippen LogP contribution in [0.2, 0.25) is 0 Å². The number of rotatable bonds is 9. The normalized spacial score (nSPS) is 12.6. The van der Waals surface area contributed by atoms with Crippen LogP contribution in [0.15, 0.2) is 15.5 Å². The van der Waals surface area contributed by atoms with Crippen molar-refractivity contribution < 1.29 is 9.47 Å². The van der Waals surface area contributed by atoms with Gasteiger partial charge in [-0.1, -0.05) is 6.92 Å². The van der Waals surface area contributed by atoms with Gasteiger partial charge in [-0.05, 0) is 49.2 Å². The molecule has 0 bridgehead atoms. The van der Waals surface area contributed by atoms with Crippen LogP contribution in [-0.4, -0.2) is 44.2 Å². The Hall–Kier alpha value is -1.14. The van der Waals surface area contributed by atoms with E-state index in [0.29, 0.717) is 12.5 Å². The number of halogens is 1. The number of hydrogen-bond acceptors (Lipinski definition) is 4. The molecule has 5 nitrogen and oxygen atoms in total. The summed E-state index contributed by atoms with van der Waals surface area (Å²) in [4.78, 5) is 10.7. The van der Waals surface area contributed by atoms with E-state index < -0.39 is 0 Å². The lowest BCUT2D eigenvalue weighted by Crippen LogP contribution is -2.23. The molecule has 1 atom stereocenters. The first-order valence-electron chi connectivity index (χ1n) is 7.63. The van der Waals surface area contributed by atoms with Gasteiger partial charge in [-0.15, -0.1) is 0 Å². The van der Waals surface area contributed by atoms with Crippen molar-refractivity contribution in [1.82, 2.24) is 4.98 Å². The number of anilines is 1.